The van der Waals surface area contributed by atoms with Gasteiger partial charge in [-0.2, -0.15) is 0 Å². The SMILES string of the molecule is CCCN(CCC)C(=O)c1ccnc(N2CCN(c3ccccc3F)CC2)c1. The van der Waals surface area contributed by atoms with E-state index in [1.807, 2.05) is 23.1 Å². The first-order chi connectivity index (χ1) is 13.6. The predicted molar refractivity (Wildman–Crippen MR) is 112 cm³/mol. The van der Waals surface area contributed by atoms with Crippen LogP contribution in [0.3, 0.4) is 0 Å². The molecule has 28 heavy (non-hydrogen) atoms. The number of piperazine rings is 1. The van der Waals surface area contributed by atoms with Gasteiger partial charge in [0.1, 0.15) is 11.6 Å². The molecule has 0 unspecified atom stereocenters. The molecule has 0 atom stereocenters. The van der Waals surface area contributed by atoms with E-state index in [4.69, 9.17) is 0 Å². The van der Waals surface area contributed by atoms with E-state index >= 15 is 0 Å². The average molecular weight is 384 g/mol. The van der Waals surface area contributed by atoms with Crippen LogP contribution in [0.5, 0.6) is 0 Å². The van der Waals surface area contributed by atoms with Crippen molar-refractivity contribution in [2.24, 2.45) is 0 Å². The Morgan fingerprint density at radius 3 is 2.32 bits per heavy atom. The summed E-state index contributed by atoms with van der Waals surface area (Å²) in [6.07, 6.45) is 3.60. The van der Waals surface area contributed by atoms with Crippen molar-refractivity contribution >= 4 is 17.4 Å². The zero-order valence-electron chi connectivity index (χ0n) is 16.8. The van der Waals surface area contributed by atoms with E-state index in [1.54, 1.807) is 18.3 Å². The summed E-state index contributed by atoms with van der Waals surface area (Å²) in [6.45, 7) is 8.64. The molecule has 1 amide bonds. The third kappa shape index (κ3) is 4.61. The quantitative estimate of drug-likeness (QED) is 0.728. The van der Waals surface area contributed by atoms with Gasteiger partial charge in [-0.1, -0.05) is 26.0 Å². The third-order valence-electron chi connectivity index (χ3n) is 5.06. The number of carbonyl (C=O) groups excluding carboxylic acids is 1. The molecule has 2 aromatic rings. The summed E-state index contributed by atoms with van der Waals surface area (Å²) >= 11 is 0. The maximum atomic E-state index is 14.0. The number of para-hydroxylation sites is 1. The maximum absolute atomic E-state index is 14.0. The highest BCUT2D eigenvalue weighted by molar-refractivity contribution is 5.94. The summed E-state index contributed by atoms with van der Waals surface area (Å²) in [4.78, 5) is 23.5. The van der Waals surface area contributed by atoms with E-state index in [0.717, 1.165) is 57.9 Å². The van der Waals surface area contributed by atoms with Gasteiger partial charge < -0.3 is 14.7 Å². The molecule has 3 rings (SSSR count). The number of aromatic nitrogens is 1. The van der Waals surface area contributed by atoms with Crippen LogP contribution in [0, 0.1) is 5.82 Å². The van der Waals surface area contributed by atoms with Crippen molar-refractivity contribution in [3.8, 4) is 0 Å². The number of halogens is 1. The molecule has 1 aromatic heterocycles. The van der Waals surface area contributed by atoms with Gasteiger partial charge in [0.25, 0.3) is 5.91 Å². The summed E-state index contributed by atoms with van der Waals surface area (Å²) in [5.41, 5.74) is 1.33. The Bertz CT molecular complexity index is 784. The van der Waals surface area contributed by atoms with E-state index < -0.39 is 0 Å². The normalized spacial score (nSPS) is 14.2. The van der Waals surface area contributed by atoms with E-state index in [-0.39, 0.29) is 11.7 Å². The molecule has 2 heterocycles. The lowest BCUT2D eigenvalue weighted by atomic mass is 10.2. The average Bonchev–Trinajstić information content (AvgIpc) is 2.74. The zero-order chi connectivity index (χ0) is 19.9. The van der Waals surface area contributed by atoms with Crippen molar-refractivity contribution in [1.82, 2.24) is 9.88 Å². The first kappa shape index (κ1) is 20.1. The minimum absolute atomic E-state index is 0.0670. The van der Waals surface area contributed by atoms with Crippen molar-refractivity contribution in [2.75, 3.05) is 49.1 Å². The van der Waals surface area contributed by atoms with Crippen LogP contribution in [-0.4, -0.2) is 55.1 Å². The Labute approximate surface area is 166 Å². The molecule has 0 saturated carbocycles. The molecule has 0 aliphatic carbocycles. The fraction of sp³-hybridized carbons (Fsp3) is 0.455. The summed E-state index contributed by atoms with van der Waals surface area (Å²) < 4.78 is 14.0. The second-order valence-electron chi connectivity index (χ2n) is 7.12. The van der Waals surface area contributed by atoms with Gasteiger partial charge >= 0.3 is 0 Å². The Balaban J connectivity index is 1.68. The molecule has 1 aliphatic heterocycles. The molecular weight excluding hydrogens is 355 g/mol. The van der Waals surface area contributed by atoms with Gasteiger partial charge in [0.15, 0.2) is 0 Å². The number of rotatable bonds is 7. The van der Waals surface area contributed by atoms with Gasteiger partial charge in [0.05, 0.1) is 5.69 Å². The minimum atomic E-state index is -0.186. The smallest absolute Gasteiger partial charge is 0.254 e. The molecule has 1 aliphatic rings. The summed E-state index contributed by atoms with van der Waals surface area (Å²) in [5, 5.41) is 0. The lowest BCUT2D eigenvalue weighted by molar-refractivity contribution is 0.0755. The molecule has 1 fully saturated rings. The van der Waals surface area contributed by atoms with Gasteiger partial charge in [-0.3, -0.25) is 4.79 Å². The van der Waals surface area contributed by atoms with Crippen molar-refractivity contribution in [1.29, 1.82) is 0 Å². The molecule has 1 saturated heterocycles. The van der Waals surface area contributed by atoms with E-state index in [2.05, 4.69) is 28.6 Å². The third-order valence-corrected chi connectivity index (χ3v) is 5.06. The number of amides is 1. The van der Waals surface area contributed by atoms with Crippen molar-refractivity contribution in [3.05, 3.63) is 54.0 Å². The van der Waals surface area contributed by atoms with Gasteiger partial charge in [-0.05, 0) is 37.1 Å². The lowest BCUT2D eigenvalue weighted by Crippen LogP contribution is -2.47. The standard InChI is InChI=1S/C22H29FN4O/c1-3-11-27(12-4-2)22(28)18-9-10-24-21(17-18)26-15-13-25(14-16-26)20-8-6-5-7-19(20)23/h5-10,17H,3-4,11-16H2,1-2H3. The molecular formula is C22H29FN4O. The highest BCUT2D eigenvalue weighted by Crippen LogP contribution is 2.22. The highest BCUT2D eigenvalue weighted by atomic mass is 19.1. The molecule has 150 valence electrons. The van der Waals surface area contributed by atoms with Gasteiger partial charge in [-0.15, -0.1) is 0 Å². The summed E-state index contributed by atoms with van der Waals surface area (Å²) in [6, 6.07) is 10.6. The van der Waals surface area contributed by atoms with Crippen LogP contribution >= 0.6 is 0 Å². The number of pyridine rings is 1. The Morgan fingerprint density at radius 2 is 1.68 bits per heavy atom. The number of hydrogen-bond donors (Lipinski definition) is 0. The minimum Gasteiger partial charge on any atom is -0.366 e. The summed E-state index contributed by atoms with van der Waals surface area (Å²) in [5.74, 6) is 0.693. The molecule has 1 aromatic carbocycles. The Morgan fingerprint density at radius 1 is 1.04 bits per heavy atom. The number of anilines is 2. The topological polar surface area (TPSA) is 39.7 Å². The number of nitrogens with zero attached hydrogens (tertiary/aromatic N) is 4. The monoisotopic (exact) mass is 384 g/mol. The predicted octanol–water partition coefficient (Wildman–Crippen LogP) is 3.81. The molecule has 0 N–H and O–H groups in total. The van der Waals surface area contributed by atoms with Crippen molar-refractivity contribution < 1.29 is 9.18 Å². The zero-order valence-corrected chi connectivity index (χ0v) is 16.8. The first-order valence-electron chi connectivity index (χ1n) is 10.1. The van der Waals surface area contributed by atoms with E-state index in [1.165, 1.54) is 6.07 Å². The lowest BCUT2D eigenvalue weighted by Gasteiger charge is -2.37. The van der Waals surface area contributed by atoms with Crippen molar-refractivity contribution in [3.63, 3.8) is 0 Å². The highest BCUT2D eigenvalue weighted by Gasteiger charge is 2.21. The maximum Gasteiger partial charge on any atom is 0.254 e. The fourth-order valence-corrected chi connectivity index (χ4v) is 3.65. The van der Waals surface area contributed by atoms with Crippen LogP contribution in [0.2, 0.25) is 0 Å². The Kier molecular flexibility index (Phi) is 6.85. The molecule has 6 heteroatoms. The Hall–Kier alpha value is -2.63. The first-order valence-corrected chi connectivity index (χ1v) is 10.1. The molecule has 0 spiro atoms. The van der Waals surface area contributed by atoms with Crippen LogP contribution in [0.1, 0.15) is 37.0 Å². The van der Waals surface area contributed by atoms with Gasteiger partial charge in [-0.25, -0.2) is 9.37 Å². The van der Waals surface area contributed by atoms with Crippen LogP contribution in [-0.2, 0) is 0 Å². The van der Waals surface area contributed by atoms with Crippen molar-refractivity contribution in [2.45, 2.75) is 26.7 Å². The van der Waals surface area contributed by atoms with Crippen LogP contribution < -0.4 is 9.80 Å². The van der Waals surface area contributed by atoms with Gasteiger partial charge in [0, 0.05) is 51.0 Å². The molecule has 5 nitrogen and oxygen atoms in total. The van der Waals surface area contributed by atoms with E-state index in [9.17, 15) is 9.18 Å². The second-order valence-corrected chi connectivity index (χ2v) is 7.12. The largest absolute Gasteiger partial charge is 0.366 e. The number of hydrogen-bond acceptors (Lipinski definition) is 4. The fourth-order valence-electron chi connectivity index (χ4n) is 3.65. The van der Waals surface area contributed by atoms with Gasteiger partial charge in [0.2, 0.25) is 0 Å². The molecule has 0 radical (unpaired) electrons. The van der Waals surface area contributed by atoms with Crippen LogP contribution in [0.25, 0.3) is 0 Å². The number of benzene rings is 1. The molecule has 0 bridgehead atoms. The van der Waals surface area contributed by atoms with Crippen LogP contribution in [0.4, 0.5) is 15.9 Å². The summed E-state index contributed by atoms with van der Waals surface area (Å²) in [7, 11) is 0. The van der Waals surface area contributed by atoms with Crippen LogP contribution in [0.15, 0.2) is 42.6 Å². The van der Waals surface area contributed by atoms with E-state index in [0.29, 0.717) is 11.3 Å². The second kappa shape index (κ2) is 9.53. The number of carbonyl (C=O) groups is 1.